The second kappa shape index (κ2) is 16.1. The second-order valence-electron chi connectivity index (χ2n) is 11.2. The number of rotatable bonds is 17. The van der Waals surface area contributed by atoms with Gasteiger partial charge in [0.15, 0.2) is 6.23 Å². The number of halogens is 1. The van der Waals surface area contributed by atoms with Crippen LogP contribution in [-0.2, 0) is 28.9 Å². The molecule has 0 saturated heterocycles. The van der Waals surface area contributed by atoms with Gasteiger partial charge < -0.3 is 35.1 Å². The molecule has 0 radical (unpaired) electrons. The van der Waals surface area contributed by atoms with Gasteiger partial charge in [0, 0.05) is 36.6 Å². The molecule has 0 saturated carbocycles. The van der Waals surface area contributed by atoms with Crippen LogP contribution in [0, 0.1) is 11.7 Å². The quantitative estimate of drug-likeness (QED) is 0.129. The molecule has 4 N–H and O–H groups in total. The van der Waals surface area contributed by atoms with E-state index >= 15 is 0 Å². The van der Waals surface area contributed by atoms with E-state index in [1.807, 2.05) is 25.1 Å². The number of amides is 1. The molecule has 45 heavy (non-hydrogen) atoms. The van der Waals surface area contributed by atoms with E-state index in [2.05, 4.69) is 6.92 Å². The normalized spacial score (nSPS) is 14.6. The Morgan fingerprint density at radius 2 is 1.87 bits per heavy atom. The van der Waals surface area contributed by atoms with Crippen molar-refractivity contribution < 1.29 is 38.4 Å². The monoisotopic (exact) mass is 622 g/mol. The Kier molecular flexibility index (Phi) is 12.0. The molecular formula is C35H43FN2O7. The van der Waals surface area contributed by atoms with Gasteiger partial charge in [0.1, 0.15) is 28.8 Å². The maximum Gasteiger partial charge on any atom is 0.308 e. The lowest BCUT2D eigenvalue weighted by atomic mass is 9.97. The highest BCUT2D eigenvalue weighted by atomic mass is 19.1. The summed E-state index contributed by atoms with van der Waals surface area (Å²) in [6.45, 7) is 5.09. The molecule has 1 amide bonds. The fraction of sp³-hybridized carbons (Fsp3) is 0.429. The average molecular weight is 623 g/mol. The summed E-state index contributed by atoms with van der Waals surface area (Å²) in [6, 6.07) is 13.4. The van der Waals surface area contributed by atoms with Crippen LogP contribution >= 0.6 is 0 Å². The van der Waals surface area contributed by atoms with Crippen LogP contribution in [0.25, 0.3) is 11.1 Å². The number of carboxylic acids is 1. The first-order chi connectivity index (χ1) is 21.8. The fourth-order valence-electron chi connectivity index (χ4n) is 5.62. The molecule has 0 aromatic heterocycles. The minimum atomic E-state index is -0.987. The number of phenolic OH excluding ortho intramolecular Hbond substituents is 1. The molecule has 1 heterocycles. The van der Waals surface area contributed by atoms with Gasteiger partial charge in [0.2, 0.25) is 6.41 Å². The van der Waals surface area contributed by atoms with Crippen LogP contribution in [0.15, 0.2) is 48.5 Å². The third-order valence-electron chi connectivity index (χ3n) is 8.03. The number of ether oxygens (including phenoxy) is 3. The van der Waals surface area contributed by atoms with Gasteiger partial charge in [0.25, 0.3) is 0 Å². The first-order valence-corrected chi connectivity index (χ1v) is 15.6. The largest absolute Gasteiger partial charge is 0.507 e. The number of fused-ring (bicyclic) bond motifs is 1. The van der Waals surface area contributed by atoms with E-state index in [0.29, 0.717) is 74.5 Å². The number of nitrogens with two attached hydrogens (primary N) is 1. The lowest BCUT2D eigenvalue weighted by molar-refractivity contribution is -0.144. The number of aliphatic carboxylic acids is 1. The molecule has 2 atom stereocenters. The second-order valence-corrected chi connectivity index (χ2v) is 11.2. The van der Waals surface area contributed by atoms with Gasteiger partial charge >= 0.3 is 5.97 Å². The van der Waals surface area contributed by atoms with Crippen LogP contribution in [-0.4, -0.2) is 60.0 Å². The molecule has 1 aliphatic rings. The number of benzene rings is 3. The zero-order valence-electron chi connectivity index (χ0n) is 26.0. The molecule has 0 fully saturated rings. The minimum absolute atomic E-state index is 0.0296. The average Bonchev–Trinajstić information content (AvgIpc) is 3.04. The van der Waals surface area contributed by atoms with Crippen molar-refractivity contribution in [3.05, 3.63) is 71.0 Å². The summed E-state index contributed by atoms with van der Waals surface area (Å²) in [4.78, 5) is 25.1. The molecule has 0 bridgehead atoms. The van der Waals surface area contributed by atoms with Crippen LogP contribution in [0.5, 0.6) is 23.0 Å². The third-order valence-corrected chi connectivity index (χ3v) is 8.03. The zero-order valence-corrected chi connectivity index (χ0v) is 26.0. The number of carboxylic acid groups (broad SMARTS) is 1. The Bertz CT molecular complexity index is 1450. The van der Waals surface area contributed by atoms with E-state index in [4.69, 9.17) is 19.9 Å². The Balaban J connectivity index is 1.39. The number of hydrogen-bond acceptors (Lipinski definition) is 7. The van der Waals surface area contributed by atoms with Crippen molar-refractivity contribution in [1.82, 2.24) is 4.90 Å². The summed E-state index contributed by atoms with van der Waals surface area (Å²) in [6.07, 6.45) is 4.46. The summed E-state index contributed by atoms with van der Waals surface area (Å²) in [5.41, 5.74) is 9.83. The molecule has 0 aliphatic carbocycles. The van der Waals surface area contributed by atoms with Gasteiger partial charge in [-0.05, 0) is 73.2 Å². The lowest BCUT2D eigenvalue weighted by Crippen LogP contribution is -2.45. The highest BCUT2D eigenvalue weighted by molar-refractivity contribution is 5.72. The van der Waals surface area contributed by atoms with E-state index in [0.717, 1.165) is 28.7 Å². The SMILES string of the molecule is CCCc1c(OCCCOc2cc(O)c(-c3ccc(F)cc3)cc2CC)ccc2c1OC(N(C=O)CC(CCN)C(=O)O)CC2. The van der Waals surface area contributed by atoms with Crippen molar-refractivity contribution in [1.29, 1.82) is 0 Å². The summed E-state index contributed by atoms with van der Waals surface area (Å²) in [5, 5.41) is 20.2. The van der Waals surface area contributed by atoms with Crippen LogP contribution in [0.2, 0.25) is 0 Å². The van der Waals surface area contributed by atoms with Crippen LogP contribution in [0.4, 0.5) is 4.39 Å². The highest BCUT2D eigenvalue weighted by Gasteiger charge is 2.31. The minimum Gasteiger partial charge on any atom is -0.507 e. The number of hydrogen-bond donors (Lipinski definition) is 3. The first kappa shape index (κ1) is 33.6. The number of nitrogens with zero attached hydrogens (tertiary/aromatic N) is 1. The number of carbonyl (C=O) groups is 2. The van der Waals surface area contributed by atoms with Crippen LogP contribution in [0.3, 0.4) is 0 Å². The molecule has 1 aliphatic heterocycles. The van der Waals surface area contributed by atoms with E-state index in [1.165, 1.54) is 17.0 Å². The van der Waals surface area contributed by atoms with Gasteiger partial charge in [-0.2, -0.15) is 0 Å². The predicted octanol–water partition coefficient (Wildman–Crippen LogP) is 5.72. The Morgan fingerprint density at radius 3 is 2.51 bits per heavy atom. The Hall–Kier alpha value is -4.31. The van der Waals surface area contributed by atoms with Crippen LogP contribution in [0.1, 0.15) is 56.2 Å². The molecule has 9 nitrogen and oxygen atoms in total. The van der Waals surface area contributed by atoms with Crippen molar-refractivity contribution in [3.63, 3.8) is 0 Å². The molecule has 0 spiro atoms. The summed E-state index contributed by atoms with van der Waals surface area (Å²) >= 11 is 0. The molecule has 2 unspecified atom stereocenters. The van der Waals surface area contributed by atoms with Gasteiger partial charge in [-0.1, -0.05) is 38.5 Å². The van der Waals surface area contributed by atoms with Crippen molar-refractivity contribution in [2.45, 2.75) is 65.0 Å². The summed E-state index contributed by atoms with van der Waals surface area (Å²) < 4.78 is 32.0. The summed E-state index contributed by atoms with van der Waals surface area (Å²) in [5.74, 6) is -0.0226. The molecular weight excluding hydrogens is 579 g/mol. The Morgan fingerprint density at radius 1 is 1.13 bits per heavy atom. The Labute approximate surface area is 263 Å². The maximum absolute atomic E-state index is 13.4. The molecule has 3 aromatic carbocycles. The smallest absolute Gasteiger partial charge is 0.308 e. The highest BCUT2D eigenvalue weighted by Crippen LogP contribution is 2.39. The van der Waals surface area contributed by atoms with Crippen molar-refractivity contribution >= 4 is 12.4 Å². The summed E-state index contributed by atoms with van der Waals surface area (Å²) in [7, 11) is 0. The van der Waals surface area contributed by atoms with Gasteiger partial charge in [-0.25, -0.2) is 4.39 Å². The number of phenols is 1. The molecule has 4 rings (SSSR count). The molecule has 242 valence electrons. The van der Waals surface area contributed by atoms with Crippen molar-refractivity contribution in [2.75, 3.05) is 26.3 Å². The lowest BCUT2D eigenvalue weighted by Gasteiger charge is -2.35. The fourth-order valence-corrected chi connectivity index (χ4v) is 5.62. The van der Waals surface area contributed by atoms with Crippen LogP contribution < -0.4 is 19.9 Å². The number of aryl methyl sites for hydroxylation is 2. The van der Waals surface area contributed by atoms with Crippen molar-refractivity contribution in [2.24, 2.45) is 11.7 Å². The van der Waals surface area contributed by atoms with E-state index in [1.54, 1.807) is 18.2 Å². The number of aromatic hydroxyl groups is 1. The van der Waals surface area contributed by atoms with Gasteiger partial charge in [-0.3, -0.25) is 9.59 Å². The van der Waals surface area contributed by atoms with Gasteiger partial charge in [0.05, 0.1) is 19.1 Å². The predicted molar refractivity (Wildman–Crippen MR) is 169 cm³/mol. The van der Waals surface area contributed by atoms with E-state index in [9.17, 15) is 24.2 Å². The maximum atomic E-state index is 13.4. The number of carbonyl (C=O) groups excluding carboxylic acids is 1. The van der Waals surface area contributed by atoms with E-state index in [-0.39, 0.29) is 31.1 Å². The molecule has 3 aromatic rings. The van der Waals surface area contributed by atoms with Gasteiger partial charge in [-0.15, -0.1) is 0 Å². The zero-order chi connectivity index (χ0) is 32.3. The van der Waals surface area contributed by atoms with E-state index < -0.39 is 18.1 Å². The molecule has 10 heteroatoms. The topological polar surface area (TPSA) is 132 Å². The first-order valence-electron chi connectivity index (χ1n) is 15.6. The third kappa shape index (κ3) is 8.45. The van der Waals surface area contributed by atoms with Crippen molar-refractivity contribution in [3.8, 4) is 34.1 Å². The standard InChI is InChI=1S/C35H43FN2O7/c1-3-6-28-31(13-9-25-10-14-33(45-34(25)28)38(22-39)21-26(15-16-37)35(41)42)43-17-5-18-44-32-20-30(40)29(19-23(32)4-2)24-7-11-27(36)12-8-24/h7-9,11-13,19-20,22,26,33,40H,3-6,10,14-18,21,37H2,1-2H3,(H,41,42).